The molecule has 3 rings (SSSR count). The molecule has 1 saturated heterocycles. The predicted octanol–water partition coefficient (Wildman–Crippen LogP) is 2.73. The number of pyridine rings is 1. The summed E-state index contributed by atoms with van der Waals surface area (Å²) in [5, 5.41) is 6.04. The zero-order valence-electron chi connectivity index (χ0n) is 14.6. The number of carbonyl (C=O) groups excluding carboxylic acids is 1. The van der Waals surface area contributed by atoms with Crippen molar-refractivity contribution >= 4 is 11.7 Å². The molecule has 0 aliphatic carbocycles. The van der Waals surface area contributed by atoms with Crippen molar-refractivity contribution in [1.82, 2.24) is 15.6 Å². The molecule has 1 aliphatic rings. The van der Waals surface area contributed by atoms with E-state index in [0.717, 1.165) is 25.1 Å². The maximum absolute atomic E-state index is 12.3. The van der Waals surface area contributed by atoms with E-state index in [0.29, 0.717) is 5.75 Å². The second kappa shape index (κ2) is 7.88. The van der Waals surface area contributed by atoms with E-state index in [1.807, 2.05) is 31.2 Å². The summed E-state index contributed by atoms with van der Waals surface area (Å²) in [4.78, 5) is 18.7. The topological polar surface area (TPSA) is 66.5 Å². The fraction of sp³-hybridized carbons (Fsp3) is 0.368. The molecule has 2 amide bonds. The van der Waals surface area contributed by atoms with Gasteiger partial charge in [-0.25, -0.2) is 4.79 Å². The van der Waals surface area contributed by atoms with Gasteiger partial charge in [-0.05, 0) is 31.5 Å². The number of para-hydroxylation sites is 1. The Kier molecular flexibility index (Phi) is 5.38. The first-order valence-electron chi connectivity index (χ1n) is 8.52. The molecule has 2 aromatic rings. The maximum Gasteiger partial charge on any atom is 0.315 e. The van der Waals surface area contributed by atoms with E-state index < -0.39 is 0 Å². The summed E-state index contributed by atoms with van der Waals surface area (Å²) in [6.45, 7) is 3.70. The van der Waals surface area contributed by atoms with Crippen molar-refractivity contribution in [2.45, 2.75) is 25.4 Å². The number of urea groups is 1. The zero-order valence-corrected chi connectivity index (χ0v) is 14.6. The molecular weight excluding hydrogens is 316 g/mol. The SMILES string of the molecule is COc1cnccc1[C@@H](C)NC(=O)N[C@@H]1CCN(c2ccccc2)C1. The predicted molar refractivity (Wildman–Crippen MR) is 97.9 cm³/mol. The number of benzene rings is 1. The highest BCUT2D eigenvalue weighted by Crippen LogP contribution is 2.23. The summed E-state index contributed by atoms with van der Waals surface area (Å²) in [6.07, 6.45) is 4.29. The van der Waals surface area contributed by atoms with Crippen molar-refractivity contribution in [3.63, 3.8) is 0 Å². The van der Waals surface area contributed by atoms with Gasteiger partial charge in [0.1, 0.15) is 5.75 Å². The number of ether oxygens (including phenoxy) is 1. The quantitative estimate of drug-likeness (QED) is 0.878. The molecule has 1 aromatic carbocycles. The summed E-state index contributed by atoms with van der Waals surface area (Å²) in [7, 11) is 1.60. The van der Waals surface area contributed by atoms with Crippen LogP contribution in [0.1, 0.15) is 24.9 Å². The third-order valence-electron chi connectivity index (χ3n) is 4.50. The minimum atomic E-state index is -0.162. The highest BCUT2D eigenvalue weighted by Gasteiger charge is 2.24. The standard InChI is InChI=1S/C19H24N4O2/c1-14(17-8-10-20-12-18(17)25-2)21-19(24)22-15-9-11-23(13-15)16-6-4-3-5-7-16/h3-8,10,12,14-15H,9,11,13H2,1-2H3,(H2,21,22,24)/t14-,15-/m1/s1. The van der Waals surface area contributed by atoms with Crippen LogP contribution < -0.4 is 20.3 Å². The molecule has 6 heteroatoms. The second-order valence-corrected chi connectivity index (χ2v) is 6.22. The number of nitrogens with one attached hydrogen (secondary N) is 2. The molecule has 25 heavy (non-hydrogen) atoms. The van der Waals surface area contributed by atoms with Gasteiger partial charge in [0.15, 0.2) is 0 Å². The van der Waals surface area contributed by atoms with Gasteiger partial charge in [-0.2, -0.15) is 0 Å². The van der Waals surface area contributed by atoms with Crippen LogP contribution >= 0.6 is 0 Å². The van der Waals surface area contributed by atoms with Crippen LogP contribution in [0.3, 0.4) is 0 Å². The fourth-order valence-corrected chi connectivity index (χ4v) is 3.17. The summed E-state index contributed by atoms with van der Waals surface area (Å²) in [5.74, 6) is 0.673. The first kappa shape index (κ1) is 17.1. The van der Waals surface area contributed by atoms with E-state index in [9.17, 15) is 4.79 Å². The normalized spacial score (nSPS) is 17.8. The molecular formula is C19H24N4O2. The molecule has 132 valence electrons. The number of carbonyl (C=O) groups is 1. The van der Waals surface area contributed by atoms with Crippen LogP contribution in [0.2, 0.25) is 0 Å². The van der Waals surface area contributed by atoms with Gasteiger partial charge in [-0.3, -0.25) is 4.98 Å². The number of anilines is 1. The summed E-state index contributed by atoms with van der Waals surface area (Å²) in [5.41, 5.74) is 2.10. The fourth-order valence-electron chi connectivity index (χ4n) is 3.17. The van der Waals surface area contributed by atoms with Gasteiger partial charge >= 0.3 is 6.03 Å². The maximum atomic E-state index is 12.3. The molecule has 6 nitrogen and oxygen atoms in total. The number of hydrogen-bond acceptors (Lipinski definition) is 4. The van der Waals surface area contributed by atoms with E-state index in [4.69, 9.17) is 4.74 Å². The Balaban J connectivity index is 1.53. The number of amides is 2. The monoisotopic (exact) mass is 340 g/mol. The number of nitrogens with zero attached hydrogens (tertiary/aromatic N) is 2. The number of methoxy groups -OCH3 is 1. The minimum Gasteiger partial charge on any atom is -0.495 e. The Bertz CT molecular complexity index is 708. The van der Waals surface area contributed by atoms with Gasteiger partial charge in [0.25, 0.3) is 0 Å². The number of aromatic nitrogens is 1. The summed E-state index contributed by atoms with van der Waals surface area (Å²) < 4.78 is 5.30. The minimum absolute atomic E-state index is 0.145. The van der Waals surface area contributed by atoms with Crippen LogP contribution in [-0.2, 0) is 0 Å². The average molecular weight is 340 g/mol. The van der Waals surface area contributed by atoms with E-state index in [-0.39, 0.29) is 18.1 Å². The van der Waals surface area contributed by atoms with Crippen LogP contribution in [-0.4, -0.2) is 37.3 Å². The van der Waals surface area contributed by atoms with Gasteiger partial charge in [-0.1, -0.05) is 18.2 Å². The molecule has 1 fully saturated rings. The Labute approximate surface area is 148 Å². The van der Waals surface area contributed by atoms with E-state index in [1.54, 1.807) is 19.5 Å². The first-order valence-corrected chi connectivity index (χ1v) is 8.52. The van der Waals surface area contributed by atoms with Gasteiger partial charge in [0.05, 0.1) is 19.3 Å². The third-order valence-corrected chi connectivity index (χ3v) is 4.50. The molecule has 1 aromatic heterocycles. The Morgan fingerprint density at radius 1 is 1.32 bits per heavy atom. The Morgan fingerprint density at radius 3 is 2.88 bits per heavy atom. The highest BCUT2D eigenvalue weighted by atomic mass is 16.5. The zero-order chi connectivity index (χ0) is 17.6. The van der Waals surface area contributed by atoms with Gasteiger partial charge in [0.2, 0.25) is 0 Å². The first-order chi connectivity index (χ1) is 12.2. The third kappa shape index (κ3) is 4.21. The van der Waals surface area contributed by atoms with Crippen molar-refractivity contribution in [2.75, 3.05) is 25.1 Å². The van der Waals surface area contributed by atoms with Crippen molar-refractivity contribution < 1.29 is 9.53 Å². The van der Waals surface area contributed by atoms with Crippen LogP contribution in [0.25, 0.3) is 0 Å². The number of rotatable bonds is 5. The lowest BCUT2D eigenvalue weighted by atomic mass is 10.1. The molecule has 0 bridgehead atoms. The average Bonchev–Trinajstić information content (AvgIpc) is 3.10. The molecule has 2 atom stereocenters. The molecule has 0 spiro atoms. The van der Waals surface area contributed by atoms with Crippen molar-refractivity contribution in [3.8, 4) is 5.75 Å². The Hall–Kier alpha value is -2.76. The highest BCUT2D eigenvalue weighted by molar-refractivity contribution is 5.75. The lowest BCUT2D eigenvalue weighted by Gasteiger charge is -2.21. The van der Waals surface area contributed by atoms with E-state index >= 15 is 0 Å². The van der Waals surface area contributed by atoms with Gasteiger partial charge in [0, 0.05) is 36.6 Å². The van der Waals surface area contributed by atoms with Crippen LogP contribution in [0.15, 0.2) is 48.8 Å². The molecule has 0 radical (unpaired) electrons. The smallest absolute Gasteiger partial charge is 0.315 e. The van der Waals surface area contributed by atoms with Crippen molar-refractivity contribution in [1.29, 1.82) is 0 Å². The Morgan fingerprint density at radius 2 is 2.12 bits per heavy atom. The van der Waals surface area contributed by atoms with E-state index in [1.165, 1.54) is 5.69 Å². The lowest BCUT2D eigenvalue weighted by Crippen LogP contribution is -2.44. The van der Waals surface area contributed by atoms with Crippen molar-refractivity contribution in [3.05, 3.63) is 54.4 Å². The summed E-state index contributed by atoms with van der Waals surface area (Å²) in [6, 6.07) is 12.0. The lowest BCUT2D eigenvalue weighted by molar-refractivity contribution is 0.234. The largest absolute Gasteiger partial charge is 0.495 e. The molecule has 1 aliphatic heterocycles. The van der Waals surface area contributed by atoms with Gasteiger partial charge < -0.3 is 20.3 Å². The van der Waals surface area contributed by atoms with Crippen LogP contribution in [0.4, 0.5) is 10.5 Å². The molecule has 2 N–H and O–H groups in total. The number of hydrogen-bond donors (Lipinski definition) is 2. The van der Waals surface area contributed by atoms with Crippen molar-refractivity contribution in [2.24, 2.45) is 0 Å². The van der Waals surface area contributed by atoms with Crippen LogP contribution in [0.5, 0.6) is 5.75 Å². The summed E-state index contributed by atoms with van der Waals surface area (Å²) >= 11 is 0. The van der Waals surface area contributed by atoms with Gasteiger partial charge in [-0.15, -0.1) is 0 Å². The molecule has 0 unspecified atom stereocenters. The van der Waals surface area contributed by atoms with Crippen LogP contribution in [0, 0.1) is 0 Å². The molecule has 2 heterocycles. The second-order valence-electron chi connectivity index (χ2n) is 6.22. The van der Waals surface area contributed by atoms with E-state index in [2.05, 4.69) is 32.7 Å². The molecule has 0 saturated carbocycles.